The number of nitrogens with one attached hydrogen (secondary N) is 1. The normalized spacial score (nSPS) is 10.2. The van der Waals surface area contributed by atoms with Gasteiger partial charge in [-0.15, -0.1) is 0 Å². The third kappa shape index (κ3) is 5.17. The highest BCUT2D eigenvalue weighted by Gasteiger charge is 2.02. The van der Waals surface area contributed by atoms with Crippen molar-refractivity contribution in [2.45, 2.75) is 19.8 Å². The molecule has 1 aromatic rings. The van der Waals surface area contributed by atoms with Crippen molar-refractivity contribution in [1.82, 2.24) is 4.98 Å². The molecule has 0 saturated heterocycles. The van der Waals surface area contributed by atoms with Gasteiger partial charge in [-0.25, -0.2) is 0 Å². The fourth-order valence-corrected chi connectivity index (χ4v) is 1.88. The van der Waals surface area contributed by atoms with Crippen LogP contribution in [-0.4, -0.2) is 30.1 Å². The zero-order valence-corrected chi connectivity index (χ0v) is 11.3. The molecule has 0 aliphatic carbocycles. The average Bonchev–Trinajstić information content (AvgIpc) is 2.33. The van der Waals surface area contributed by atoms with Gasteiger partial charge in [0.1, 0.15) is 5.82 Å². The molecule has 0 atom stereocenters. The molecule has 0 saturated carbocycles. The summed E-state index contributed by atoms with van der Waals surface area (Å²) >= 11 is 1.88. The monoisotopic (exact) mass is 255 g/mol. The lowest BCUT2D eigenvalue weighted by atomic mass is 10.3. The van der Waals surface area contributed by atoms with Crippen LogP contribution in [0.4, 0.5) is 11.5 Å². The van der Waals surface area contributed by atoms with Crippen molar-refractivity contribution in [1.29, 1.82) is 0 Å². The number of anilines is 2. The smallest absolute Gasteiger partial charge is 0.239 e. The van der Waals surface area contributed by atoms with Gasteiger partial charge in [0.25, 0.3) is 0 Å². The van der Waals surface area contributed by atoms with E-state index in [1.807, 2.05) is 30.8 Å². The standard InChI is InChI=1S/C12H21N3OS/c1-3-16-12-10(13)6-7-11(15-12)14-8-4-5-9-17-2/h6-7H,3-5,8-9,13H2,1-2H3,(H,14,15). The average molecular weight is 255 g/mol. The summed E-state index contributed by atoms with van der Waals surface area (Å²) in [5, 5.41) is 3.27. The van der Waals surface area contributed by atoms with Crippen LogP contribution in [0, 0.1) is 0 Å². The molecule has 1 aromatic heterocycles. The van der Waals surface area contributed by atoms with Crippen molar-refractivity contribution in [3.05, 3.63) is 12.1 Å². The SMILES string of the molecule is CCOc1nc(NCCCCSC)ccc1N. The summed E-state index contributed by atoms with van der Waals surface area (Å²) in [5.74, 6) is 2.55. The van der Waals surface area contributed by atoms with Crippen molar-refractivity contribution in [3.63, 3.8) is 0 Å². The molecule has 1 heterocycles. The van der Waals surface area contributed by atoms with E-state index in [0.29, 0.717) is 18.2 Å². The second-order valence-corrected chi connectivity index (χ2v) is 4.64. The maximum Gasteiger partial charge on any atom is 0.239 e. The van der Waals surface area contributed by atoms with Crippen LogP contribution in [0.3, 0.4) is 0 Å². The minimum atomic E-state index is 0.515. The van der Waals surface area contributed by atoms with Crippen LogP contribution in [0.25, 0.3) is 0 Å². The molecular weight excluding hydrogens is 234 g/mol. The molecule has 0 aromatic carbocycles. The summed E-state index contributed by atoms with van der Waals surface area (Å²) in [5.41, 5.74) is 6.33. The van der Waals surface area contributed by atoms with Crippen molar-refractivity contribution in [2.75, 3.05) is 36.2 Å². The number of nitrogens with zero attached hydrogens (tertiary/aromatic N) is 1. The summed E-state index contributed by atoms with van der Waals surface area (Å²) in [4.78, 5) is 4.32. The Morgan fingerprint density at radius 3 is 2.94 bits per heavy atom. The first-order chi connectivity index (χ1) is 8.27. The number of aromatic nitrogens is 1. The number of nitrogens with two attached hydrogens (primary N) is 1. The van der Waals surface area contributed by atoms with E-state index in [1.54, 1.807) is 0 Å². The zero-order valence-electron chi connectivity index (χ0n) is 10.5. The van der Waals surface area contributed by atoms with Gasteiger partial charge in [0.2, 0.25) is 5.88 Å². The molecule has 0 spiro atoms. The molecule has 0 aliphatic heterocycles. The van der Waals surface area contributed by atoms with Crippen LogP contribution < -0.4 is 15.8 Å². The van der Waals surface area contributed by atoms with Crippen LogP contribution in [0.2, 0.25) is 0 Å². The number of nitrogen functional groups attached to an aromatic ring is 1. The molecular formula is C12H21N3OS. The Morgan fingerprint density at radius 2 is 2.24 bits per heavy atom. The minimum absolute atomic E-state index is 0.515. The van der Waals surface area contributed by atoms with Crippen molar-refractivity contribution < 1.29 is 4.74 Å². The molecule has 3 N–H and O–H groups in total. The van der Waals surface area contributed by atoms with Gasteiger partial charge in [0, 0.05) is 6.54 Å². The summed E-state index contributed by atoms with van der Waals surface area (Å²) in [7, 11) is 0. The van der Waals surface area contributed by atoms with Crippen LogP contribution in [0.15, 0.2) is 12.1 Å². The van der Waals surface area contributed by atoms with Gasteiger partial charge in [0.15, 0.2) is 0 Å². The van der Waals surface area contributed by atoms with E-state index in [0.717, 1.165) is 18.8 Å². The maximum absolute atomic E-state index is 5.75. The Morgan fingerprint density at radius 1 is 1.41 bits per heavy atom. The first-order valence-corrected chi connectivity index (χ1v) is 7.29. The highest BCUT2D eigenvalue weighted by Crippen LogP contribution is 2.20. The molecule has 96 valence electrons. The lowest BCUT2D eigenvalue weighted by Gasteiger charge is -2.09. The van der Waals surface area contributed by atoms with Crippen molar-refractivity contribution in [2.24, 2.45) is 0 Å². The van der Waals surface area contributed by atoms with Crippen molar-refractivity contribution in [3.8, 4) is 5.88 Å². The first-order valence-electron chi connectivity index (χ1n) is 5.90. The summed E-state index contributed by atoms with van der Waals surface area (Å²) in [6.07, 6.45) is 4.50. The highest BCUT2D eigenvalue weighted by atomic mass is 32.2. The Balaban J connectivity index is 2.40. The van der Waals surface area contributed by atoms with Gasteiger partial charge in [-0.3, -0.25) is 0 Å². The lowest BCUT2D eigenvalue weighted by molar-refractivity contribution is 0.329. The molecule has 0 radical (unpaired) electrons. The van der Waals surface area contributed by atoms with Gasteiger partial charge in [0.05, 0.1) is 12.3 Å². The third-order valence-electron chi connectivity index (χ3n) is 2.25. The number of thioether (sulfide) groups is 1. The van der Waals surface area contributed by atoms with E-state index in [4.69, 9.17) is 10.5 Å². The zero-order chi connectivity index (χ0) is 12.5. The molecule has 0 aliphatic rings. The van der Waals surface area contributed by atoms with E-state index >= 15 is 0 Å². The summed E-state index contributed by atoms with van der Waals surface area (Å²) in [6.45, 7) is 3.43. The lowest BCUT2D eigenvalue weighted by Crippen LogP contribution is -2.06. The number of hydrogen-bond acceptors (Lipinski definition) is 5. The van der Waals surface area contributed by atoms with E-state index < -0.39 is 0 Å². The predicted molar refractivity (Wildman–Crippen MR) is 75.9 cm³/mol. The molecule has 0 bridgehead atoms. The number of rotatable bonds is 8. The van der Waals surface area contributed by atoms with E-state index in [1.165, 1.54) is 12.2 Å². The van der Waals surface area contributed by atoms with E-state index in [2.05, 4.69) is 16.6 Å². The Hall–Kier alpha value is -1.10. The predicted octanol–water partition coefficient (Wildman–Crippen LogP) is 2.62. The van der Waals surface area contributed by atoms with Crippen LogP contribution in [-0.2, 0) is 0 Å². The van der Waals surface area contributed by atoms with Gasteiger partial charge in [-0.05, 0) is 43.9 Å². The topological polar surface area (TPSA) is 60.2 Å². The Kier molecular flexibility index (Phi) is 6.62. The molecule has 4 nitrogen and oxygen atoms in total. The third-order valence-corrected chi connectivity index (χ3v) is 2.95. The number of ether oxygens (including phenoxy) is 1. The Bertz CT molecular complexity index is 334. The van der Waals surface area contributed by atoms with E-state index in [-0.39, 0.29) is 0 Å². The van der Waals surface area contributed by atoms with Gasteiger partial charge in [-0.2, -0.15) is 16.7 Å². The summed E-state index contributed by atoms with van der Waals surface area (Å²) < 4.78 is 5.34. The highest BCUT2D eigenvalue weighted by molar-refractivity contribution is 7.98. The van der Waals surface area contributed by atoms with E-state index in [9.17, 15) is 0 Å². The molecule has 0 amide bonds. The fourth-order valence-electron chi connectivity index (χ4n) is 1.39. The van der Waals surface area contributed by atoms with Crippen LogP contribution >= 0.6 is 11.8 Å². The molecule has 0 fully saturated rings. The number of hydrogen-bond donors (Lipinski definition) is 2. The number of pyridine rings is 1. The summed E-state index contributed by atoms with van der Waals surface area (Å²) in [6, 6.07) is 3.70. The minimum Gasteiger partial charge on any atom is -0.476 e. The second-order valence-electron chi connectivity index (χ2n) is 3.65. The quantitative estimate of drug-likeness (QED) is 0.699. The second kappa shape index (κ2) is 8.06. The van der Waals surface area contributed by atoms with Gasteiger partial charge < -0.3 is 15.8 Å². The Labute approximate surface area is 107 Å². The van der Waals surface area contributed by atoms with Crippen LogP contribution in [0.1, 0.15) is 19.8 Å². The fraction of sp³-hybridized carbons (Fsp3) is 0.583. The number of unbranched alkanes of at least 4 members (excludes halogenated alkanes) is 1. The van der Waals surface area contributed by atoms with Crippen molar-refractivity contribution >= 4 is 23.3 Å². The largest absolute Gasteiger partial charge is 0.476 e. The molecule has 1 rings (SSSR count). The molecule has 5 heteroatoms. The van der Waals surface area contributed by atoms with Gasteiger partial charge >= 0.3 is 0 Å². The maximum atomic E-state index is 5.75. The molecule has 17 heavy (non-hydrogen) atoms. The molecule has 0 unspecified atom stereocenters. The first kappa shape index (κ1) is 14.0. The van der Waals surface area contributed by atoms with Gasteiger partial charge in [-0.1, -0.05) is 0 Å². The van der Waals surface area contributed by atoms with Crippen LogP contribution in [0.5, 0.6) is 5.88 Å².